The van der Waals surface area contributed by atoms with Gasteiger partial charge < -0.3 is 5.32 Å². The number of hydrogen-bond acceptors (Lipinski definition) is 5. The highest BCUT2D eigenvalue weighted by Gasteiger charge is 2.01. The third kappa shape index (κ3) is 2.89. The van der Waals surface area contributed by atoms with Crippen LogP contribution in [0.1, 0.15) is 11.3 Å². The highest BCUT2D eigenvalue weighted by Crippen LogP contribution is 2.14. The van der Waals surface area contributed by atoms with Crippen LogP contribution in [0.2, 0.25) is 5.28 Å². The van der Waals surface area contributed by atoms with Crippen LogP contribution in [0.15, 0.2) is 24.4 Å². The van der Waals surface area contributed by atoms with Crippen LogP contribution in [0.3, 0.4) is 0 Å². The number of hydrogen-bond donors (Lipinski definition) is 1. The number of nitrogens with one attached hydrogen (secondary N) is 1. The van der Waals surface area contributed by atoms with Gasteiger partial charge in [0.05, 0.1) is 5.56 Å². The van der Waals surface area contributed by atoms with Gasteiger partial charge in [0.15, 0.2) is 0 Å². The van der Waals surface area contributed by atoms with Crippen molar-refractivity contribution in [3.05, 3.63) is 40.9 Å². The maximum atomic E-state index is 8.64. The van der Waals surface area contributed by atoms with Gasteiger partial charge in [-0.15, -0.1) is 0 Å². The van der Waals surface area contributed by atoms with Crippen LogP contribution in [-0.2, 0) is 0 Å². The first kappa shape index (κ1) is 11.3. The van der Waals surface area contributed by atoms with Gasteiger partial charge >= 0.3 is 0 Å². The zero-order chi connectivity index (χ0) is 12.3. The van der Waals surface area contributed by atoms with Gasteiger partial charge in [-0.3, -0.25) is 0 Å². The number of halogens is 1. The van der Waals surface area contributed by atoms with Crippen molar-refractivity contribution in [1.82, 2.24) is 15.0 Å². The van der Waals surface area contributed by atoms with Crippen LogP contribution >= 0.6 is 11.6 Å². The number of aryl methyl sites for hydroxylation is 1. The Morgan fingerprint density at radius 1 is 1.29 bits per heavy atom. The van der Waals surface area contributed by atoms with E-state index in [4.69, 9.17) is 16.9 Å². The Balaban J connectivity index is 2.22. The third-order valence-corrected chi connectivity index (χ3v) is 2.14. The Labute approximate surface area is 103 Å². The molecule has 0 atom stereocenters. The Morgan fingerprint density at radius 3 is 2.71 bits per heavy atom. The summed E-state index contributed by atoms with van der Waals surface area (Å²) in [6, 6.07) is 7.12. The first-order chi connectivity index (χ1) is 8.17. The van der Waals surface area contributed by atoms with Crippen molar-refractivity contribution >= 4 is 23.2 Å². The lowest BCUT2D eigenvalue weighted by atomic mass is 10.3. The Bertz CT molecular complexity index is 553. The quantitative estimate of drug-likeness (QED) is 0.823. The first-order valence-electron chi connectivity index (χ1n) is 4.82. The molecule has 2 heterocycles. The molecule has 0 spiro atoms. The predicted octanol–water partition coefficient (Wildman–Crippen LogP) is 2.45. The standard InChI is InChI=1S/C11H8ClN5/c1-7-4-10(17-11(12)15-7)16-9-3-2-8(5-13)6-14-9/h2-4,6H,1H3,(H,14,15,16,17). The van der Waals surface area contributed by atoms with Gasteiger partial charge in [0, 0.05) is 18.0 Å². The van der Waals surface area contributed by atoms with E-state index in [2.05, 4.69) is 20.3 Å². The number of rotatable bonds is 2. The average molecular weight is 246 g/mol. The normalized spacial score (nSPS) is 9.71. The highest BCUT2D eigenvalue weighted by molar-refractivity contribution is 6.28. The second-order valence-corrected chi connectivity index (χ2v) is 3.67. The minimum absolute atomic E-state index is 0.182. The summed E-state index contributed by atoms with van der Waals surface area (Å²) in [5, 5.41) is 11.8. The summed E-state index contributed by atoms with van der Waals surface area (Å²) in [4.78, 5) is 12.0. The highest BCUT2D eigenvalue weighted by atomic mass is 35.5. The molecule has 0 aromatic carbocycles. The topological polar surface area (TPSA) is 74.5 Å². The van der Waals surface area contributed by atoms with Crippen molar-refractivity contribution in [3.63, 3.8) is 0 Å². The second-order valence-electron chi connectivity index (χ2n) is 3.33. The summed E-state index contributed by atoms with van der Waals surface area (Å²) < 4.78 is 0. The number of anilines is 2. The first-order valence-corrected chi connectivity index (χ1v) is 5.19. The lowest BCUT2D eigenvalue weighted by Crippen LogP contribution is -1.98. The smallest absolute Gasteiger partial charge is 0.224 e. The van der Waals surface area contributed by atoms with E-state index in [-0.39, 0.29) is 5.28 Å². The van der Waals surface area contributed by atoms with Crippen molar-refractivity contribution in [2.24, 2.45) is 0 Å². The monoisotopic (exact) mass is 245 g/mol. The van der Waals surface area contributed by atoms with Crippen molar-refractivity contribution in [2.75, 3.05) is 5.32 Å². The molecule has 2 aromatic heterocycles. The zero-order valence-corrected chi connectivity index (χ0v) is 9.73. The van der Waals surface area contributed by atoms with Crippen molar-refractivity contribution in [2.45, 2.75) is 6.92 Å². The molecule has 0 radical (unpaired) electrons. The van der Waals surface area contributed by atoms with E-state index >= 15 is 0 Å². The molecule has 84 valence electrons. The number of nitriles is 1. The van der Waals surface area contributed by atoms with Crippen molar-refractivity contribution in [3.8, 4) is 6.07 Å². The number of pyridine rings is 1. The van der Waals surface area contributed by atoms with Crippen LogP contribution in [0.4, 0.5) is 11.6 Å². The maximum Gasteiger partial charge on any atom is 0.224 e. The molecule has 2 rings (SSSR count). The van der Waals surface area contributed by atoms with Gasteiger partial charge in [-0.25, -0.2) is 15.0 Å². The fourth-order valence-electron chi connectivity index (χ4n) is 1.26. The molecule has 0 bridgehead atoms. The molecule has 0 unspecified atom stereocenters. The minimum Gasteiger partial charge on any atom is -0.325 e. The molecule has 0 aliphatic carbocycles. The van der Waals surface area contributed by atoms with Crippen LogP contribution in [-0.4, -0.2) is 15.0 Å². The molecule has 0 aliphatic rings. The molecule has 2 aromatic rings. The van der Waals surface area contributed by atoms with Gasteiger partial charge in [0.2, 0.25) is 5.28 Å². The van der Waals surface area contributed by atoms with Gasteiger partial charge in [0.25, 0.3) is 0 Å². The molecule has 5 nitrogen and oxygen atoms in total. The fraction of sp³-hybridized carbons (Fsp3) is 0.0909. The summed E-state index contributed by atoms with van der Waals surface area (Å²) in [7, 11) is 0. The summed E-state index contributed by atoms with van der Waals surface area (Å²) in [5.74, 6) is 1.16. The van der Waals surface area contributed by atoms with Gasteiger partial charge in [-0.1, -0.05) is 0 Å². The molecule has 1 N–H and O–H groups in total. The molecule has 0 saturated carbocycles. The van der Waals surface area contributed by atoms with Crippen LogP contribution in [0, 0.1) is 18.3 Å². The molecular formula is C11H8ClN5. The average Bonchev–Trinajstić information content (AvgIpc) is 2.28. The number of nitrogens with zero attached hydrogens (tertiary/aromatic N) is 4. The Hall–Kier alpha value is -2.19. The SMILES string of the molecule is Cc1cc(Nc2ccc(C#N)cn2)nc(Cl)n1. The Morgan fingerprint density at radius 2 is 2.12 bits per heavy atom. The lowest BCUT2D eigenvalue weighted by Gasteiger charge is -2.05. The molecule has 0 saturated heterocycles. The van der Waals surface area contributed by atoms with Crippen molar-refractivity contribution in [1.29, 1.82) is 5.26 Å². The lowest BCUT2D eigenvalue weighted by molar-refractivity contribution is 1.10. The third-order valence-electron chi connectivity index (χ3n) is 1.98. The molecule has 0 amide bonds. The van der Waals surface area contributed by atoms with E-state index in [1.54, 1.807) is 18.2 Å². The van der Waals surface area contributed by atoms with E-state index in [1.165, 1.54) is 6.20 Å². The van der Waals surface area contributed by atoms with Gasteiger partial charge in [-0.05, 0) is 30.7 Å². The molecular weight excluding hydrogens is 238 g/mol. The Kier molecular flexibility index (Phi) is 3.17. The zero-order valence-electron chi connectivity index (χ0n) is 8.98. The van der Waals surface area contributed by atoms with Crippen molar-refractivity contribution < 1.29 is 0 Å². The summed E-state index contributed by atoms with van der Waals surface area (Å²) >= 11 is 5.74. The van der Waals surface area contributed by atoms with Crippen LogP contribution < -0.4 is 5.32 Å². The van der Waals surface area contributed by atoms with Crippen LogP contribution in [0.5, 0.6) is 0 Å². The minimum atomic E-state index is 0.182. The second kappa shape index (κ2) is 4.76. The van der Waals surface area contributed by atoms with Crippen LogP contribution in [0.25, 0.3) is 0 Å². The summed E-state index contributed by atoms with van der Waals surface area (Å²) in [5.41, 5.74) is 1.27. The van der Waals surface area contributed by atoms with E-state index in [1.807, 2.05) is 13.0 Å². The maximum absolute atomic E-state index is 8.64. The molecule has 6 heteroatoms. The fourth-order valence-corrected chi connectivity index (χ4v) is 1.49. The van der Waals surface area contributed by atoms with E-state index in [9.17, 15) is 0 Å². The van der Waals surface area contributed by atoms with E-state index in [0.29, 0.717) is 17.2 Å². The van der Waals surface area contributed by atoms with Gasteiger partial charge in [0.1, 0.15) is 17.7 Å². The van der Waals surface area contributed by atoms with E-state index < -0.39 is 0 Å². The van der Waals surface area contributed by atoms with Gasteiger partial charge in [-0.2, -0.15) is 5.26 Å². The molecule has 0 fully saturated rings. The molecule has 17 heavy (non-hydrogen) atoms. The molecule has 0 aliphatic heterocycles. The number of aromatic nitrogens is 3. The van der Waals surface area contributed by atoms with E-state index in [0.717, 1.165) is 5.69 Å². The largest absolute Gasteiger partial charge is 0.325 e. The summed E-state index contributed by atoms with van der Waals surface area (Å²) in [6.45, 7) is 1.82. The summed E-state index contributed by atoms with van der Waals surface area (Å²) in [6.07, 6.45) is 1.48. The predicted molar refractivity (Wildman–Crippen MR) is 64.0 cm³/mol.